The molecule has 1 unspecified atom stereocenters. The van der Waals surface area contributed by atoms with Crippen LogP contribution in [0.1, 0.15) is 24.8 Å². The fourth-order valence-electron chi connectivity index (χ4n) is 2.10. The number of carboxylic acid groups (broad SMARTS) is 1. The second kappa shape index (κ2) is 6.22. The van der Waals surface area contributed by atoms with Crippen LogP contribution >= 0.6 is 0 Å². The van der Waals surface area contributed by atoms with Crippen LogP contribution in [-0.2, 0) is 16.1 Å². The zero-order valence-electron chi connectivity index (χ0n) is 10.6. The molecule has 1 saturated heterocycles. The first-order valence-corrected chi connectivity index (χ1v) is 6.36. The highest BCUT2D eigenvalue weighted by molar-refractivity contribution is 5.69. The molecular formula is C14H17NO4. The minimum absolute atomic E-state index is 0.0383. The van der Waals surface area contributed by atoms with Crippen LogP contribution in [0.3, 0.4) is 0 Å². The van der Waals surface area contributed by atoms with Gasteiger partial charge in [0.15, 0.2) is 0 Å². The highest BCUT2D eigenvalue weighted by Gasteiger charge is 2.27. The molecular weight excluding hydrogens is 246 g/mol. The summed E-state index contributed by atoms with van der Waals surface area (Å²) in [5, 5.41) is 8.61. The van der Waals surface area contributed by atoms with Gasteiger partial charge in [0, 0.05) is 25.9 Å². The largest absolute Gasteiger partial charge is 0.481 e. The van der Waals surface area contributed by atoms with Gasteiger partial charge in [0.25, 0.3) is 0 Å². The maximum absolute atomic E-state index is 11.8. The summed E-state index contributed by atoms with van der Waals surface area (Å²) in [7, 11) is 0. The lowest BCUT2D eigenvalue weighted by molar-refractivity contribution is -0.137. The van der Waals surface area contributed by atoms with E-state index in [0.29, 0.717) is 25.9 Å². The number of benzene rings is 1. The highest BCUT2D eigenvalue weighted by atomic mass is 16.6. The molecule has 0 aliphatic carbocycles. The maximum atomic E-state index is 11.8. The van der Waals surface area contributed by atoms with Gasteiger partial charge in [0.1, 0.15) is 6.10 Å². The molecule has 1 fully saturated rings. The Bertz CT molecular complexity index is 446. The van der Waals surface area contributed by atoms with Gasteiger partial charge in [0.05, 0.1) is 0 Å². The van der Waals surface area contributed by atoms with Crippen LogP contribution in [0.25, 0.3) is 0 Å². The van der Waals surface area contributed by atoms with E-state index >= 15 is 0 Å². The summed E-state index contributed by atoms with van der Waals surface area (Å²) in [6, 6.07) is 9.72. The summed E-state index contributed by atoms with van der Waals surface area (Å²) in [6.45, 7) is 1.14. The predicted molar refractivity (Wildman–Crippen MR) is 68.6 cm³/mol. The van der Waals surface area contributed by atoms with Crippen molar-refractivity contribution in [2.24, 2.45) is 0 Å². The second-order valence-corrected chi connectivity index (χ2v) is 4.63. The summed E-state index contributed by atoms with van der Waals surface area (Å²) < 4.78 is 5.25. The summed E-state index contributed by atoms with van der Waals surface area (Å²) in [4.78, 5) is 23.9. The number of nitrogens with zero attached hydrogens (tertiary/aromatic N) is 1. The summed E-state index contributed by atoms with van der Waals surface area (Å²) in [5.41, 5.74) is 1.06. The Kier molecular flexibility index (Phi) is 4.39. The fraction of sp³-hybridized carbons (Fsp3) is 0.429. The molecule has 5 nitrogen and oxygen atoms in total. The topological polar surface area (TPSA) is 66.8 Å². The van der Waals surface area contributed by atoms with Crippen LogP contribution in [0.15, 0.2) is 30.3 Å². The van der Waals surface area contributed by atoms with Crippen molar-refractivity contribution >= 4 is 12.1 Å². The number of ether oxygens (including phenoxy) is 1. The van der Waals surface area contributed by atoms with Gasteiger partial charge in [-0.25, -0.2) is 4.79 Å². The molecule has 5 heteroatoms. The van der Waals surface area contributed by atoms with E-state index in [1.54, 1.807) is 4.90 Å². The zero-order valence-corrected chi connectivity index (χ0v) is 10.6. The molecule has 0 saturated carbocycles. The Morgan fingerprint density at radius 1 is 1.37 bits per heavy atom. The van der Waals surface area contributed by atoms with Crippen LogP contribution < -0.4 is 0 Å². The van der Waals surface area contributed by atoms with Gasteiger partial charge < -0.3 is 14.7 Å². The molecule has 1 aliphatic rings. The monoisotopic (exact) mass is 263 g/mol. The Morgan fingerprint density at radius 3 is 2.74 bits per heavy atom. The third kappa shape index (κ3) is 3.98. The first-order chi connectivity index (χ1) is 9.15. The SMILES string of the molecule is O=C(O)CCC1CCN(Cc2ccccc2)C(=O)O1. The highest BCUT2D eigenvalue weighted by Crippen LogP contribution is 2.18. The molecule has 1 aliphatic heterocycles. The molecule has 19 heavy (non-hydrogen) atoms. The number of aliphatic carboxylic acids is 1. The van der Waals surface area contributed by atoms with Gasteiger partial charge >= 0.3 is 12.1 Å². The Hall–Kier alpha value is -2.04. The standard InChI is InChI=1S/C14H17NO4/c16-13(17)7-6-12-8-9-15(14(18)19-12)10-11-4-2-1-3-5-11/h1-5,12H,6-10H2,(H,16,17). The molecule has 2 rings (SSSR count). The van der Waals surface area contributed by atoms with Gasteiger partial charge in [-0.05, 0) is 12.0 Å². The third-order valence-electron chi connectivity index (χ3n) is 3.14. The van der Waals surface area contributed by atoms with E-state index in [9.17, 15) is 9.59 Å². The minimum Gasteiger partial charge on any atom is -0.481 e. The smallest absolute Gasteiger partial charge is 0.410 e. The predicted octanol–water partition coefficient (Wildman–Crippen LogP) is 2.26. The van der Waals surface area contributed by atoms with E-state index in [4.69, 9.17) is 9.84 Å². The lowest BCUT2D eigenvalue weighted by Gasteiger charge is -2.31. The first kappa shape index (κ1) is 13.4. The average Bonchev–Trinajstić information content (AvgIpc) is 2.40. The quantitative estimate of drug-likeness (QED) is 0.884. The summed E-state index contributed by atoms with van der Waals surface area (Å²) in [5.74, 6) is -0.859. The normalized spacial score (nSPS) is 19.1. The van der Waals surface area contributed by atoms with Crippen molar-refractivity contribution in [3.05, 3.63) is 35.9 Å². The van der Waals surface area contributed by atoms with Crippen LogP contribution in [0.4, 0.5) is 4.79 Å². The van der Waals surface area contributed by atoms with Crippen molar-refractivity contribution in [2.45, 2.75) is 31.9 Å². The maximum Gasteiger partial charge on any atom is 0.410 e. The third-order valence-corrected chi connectivity index (χ3v) is 3.14. The van der Waals surface area contributed by atoms with Crippen molar-refractivity contribution in [1.82, 2.24) is 4.90 Å². The van der Waals surface area contributed by atoms with Crippen molar-refractivity contribution < 1.29 is 19.4 Å². The van der Waals surface area contributed by atoms with Crippen LogP contribution in [-0.4, -0.2) is 34.7 Å². The fourth-order valence-corrected chi connectivity index (χ4v) is 2.10. The number of carboxylic acids is 1. The number of hydrogen-bond acceptors (Lipinski definition) is 3. The Balaban J connectivity index is 1.84. The molecule has 0 radical (unpaired) electrons. The van der Waals surface area contributed by atoms with Crippen molar-refractivity contribution in [3.8, 4) is 0 Å². The molecule has 0 bridgehead atoms. The Morgan fingerprint density at radius 2 is 2.11 bits per heavy atom. The number of amides is 1. The van der Waals surface area contributed by atoms with Crippen LogP contribution in [0.2, 0.25) is 0 Å². The molecule has 1 amide bonds. The second-order valence-electron chi connectivity index (χ2n) is 4.63. The number of hydrogen-bond donors (Lipinski definition) is 1. The lowest BCUT2D eigenvalue weighted by atomic mass is 10.1. The lowest BCUT2D eigenvalue weighted by Crippen LogP contribution is -2.41. The van der Waals surface area contributed by atoms with Gasteiger partial charge in [-0.2, -0.15) is 0 Å². The Labute approximate surface area is 111 Å². The molecule has 1 N–H and O–H groups in total. The molecule has 102 valence electrons. The van der Waals surface area contributed by atoms with Gasteiger partial charge in [-0.3, -0.25) is 4.79 Å². The van der Waals surface area contributed by atoms with Crippen molar-refractivity contribution in [2.75, 3.05) is 6.54 Å². The van der Waals surface area contributed by atoms with Crippen molar-refractivity contribution in [3.63, 3.8) is 0 Å². The molecule has 1 aromatic rings. The average molecular weight is 263 g/mol. The molecule has 1 aromatic carbocycles. The summed E-state index contributed by atoms with van der Waals surface area (Å²) in [6.07, 6.45) is 0.490. The van der Waals surface area contributed by atoms with Gasteiger partial charge in [0.2, 0.25) is 0 Å². The van der Waals surface area contributed by atoms with Gasteiger partial charge in [-0.1, -0.05) is 30.3 Å². The van der Waals surface area contributed by atoms with Gasteiger partial charge in [-0.15, -0.1) is 0 Å². The van der Waals surface area contributed by atoms with E-state index in [1.165, 1.54) is 0 Å². The molecule has 1 heterocycles. The molecule has 0 spiro atoms. The summed E-state index contributed by atoms with van der Waals surface area (Å²) >= 11 is 0. The van der Waals surface area contributed by atoms with Crippen LogP contribution in [0.5, 0.6) is 0 Å². The van der Waals surface area contributed by atoms with E-state index in [-0.39, 0.29) is 18.6 Å². The number of carbonyl (C=O) groups excluding carboxylic acids is 1. The van der Waals surface area contributed by atoms with E-state index in [1.807, 2.05) is 30.3 Å². The first-order valence-electron chi connectivity index (χ1n) is 6.36. The van der Waals surface area contributed by atoms with Crippen molar-refractivity contribution in [1.29, 1.82) is 0 Å². The van der Waals surface area contributed by atoms with E-state index < -0.39 is 5.97 Å². The van der Waals surface area contributed by atoms with Crippen LogP contribution in [0, 0.1) is 0 Å². The number of carbonyl (C=O) groups is 2. The molecule has 0 aromatic heterocycles. The van der Waals surface area contributed by atoms with E-state index in [2.05, 4.69) is 0 Å². The number of rotatable bonds is 5. The zero-order chi connectivity index (χ0) is 13.7. The number of cyclic esters (lactones) is 1. The van der Waals surface area contributed by atoms with E-state index in [0.717, 1.165) is 5.56 Å². The minimum atomic E-state index is -0.859. The molecule has 1 atom stereocenters.